The SMILES string of the molecule is COC(=O)c1ccc(NC(=O)CC(=O)NCc2ccc3c(c2)OCO3)cc1. The lowest BCUT2D eigenvalue weighted by Crippen LogP contribution is -2.27. The second kappa shape index (κ2) is 8.22. The molecule has 2 N–H and O–H groups in total. The number of carbonyl (C=O) groups excluding carboxylic acids is 3. The number of benzene rings is 2. The average Bonchev–Trinajstić information content (AvgIpc) is 3.14. The van der Waals surface area contributed by atoms with E-state index in [-0.39, 0.29) is 19.8 Å². The van der Waals surface area contributed by atoms with Crippen LogP contribution in [0.3, 0.4) is 0 Å². The molecule has 2 amide bonds. The van der Waals surface area contributed by atoms with Crippen molar-refractivity contribution in [1.82, 2.24) is 5.32 Å². The lowest BCUT2D eigenvalue weighted by Gasteiger charge is -2.08. The van der Waals surface area contributed by atoms with Crippen molar-refractivity contribution < 1.29 is 28.6 Å². The minimum atomic E-state index is -0.462. The average molecular weight is 370 g/mol. The summed E-state index contributed by atoms with van der Waals surface area (Å²) >= 11 is 0. The first kappa shape index (κ1) is 18.2. The van der Waals surface area contributed by atoms with E-state index in [0.29, 0.717) is 22.7 Å². The highest BCUT2D eigenvalue weighted by Crippen LogP contribution is 2.32. The molecule has 1 aliphatic rings. The van der Waals surface area contributed by atoms with Crippen LogP contribution in [0, 0.1) is 0 Å². The molecule has 0 spiro atoms. The molecule has 0 bridgehead atoms. The Labute approximate surface area is 155 Å². The Hall–Kier alpha value is -3.55. The monoisotopic (exact) mass is 370 g/mol. The van der Waals surface area contributed by atoms with E-state index < -0.39 is 17.8 Å². The highest BCUT2D eigenvalue weighted by Gasteiger charge is 2.14. The minimum Gasteiger partial charge on any atom is -0.465 e. The Morgan fingerprint density at radius 2 is 1.74 bits per heavy atom. The number of fused-ring (bicyclic) bond motifs is 1. The summed E-state index contributed by atoms with van der Waals surface area (Å²) in [5.74, 6) is -0.0197. The van der Waals surface area contributed by atoms with Crippen molar-refractivity contribution in [3.05, 3.63) is 53.6 Å². The molecule has 27 heavy (non-hydrogen) atoms. The zero-order valence-corrected chi connectivity index (χ0v) is 14.6. The van der Waals surface area contributed by atoms with Gasteiger partial charge in [-0.15, -0.1) is 0 Å². The zero-order valence-electron chi connectivity index (χ0n) is 14.6. The van der Waals surface area contributed by atoms with E-state index in [2.05, 4.69) is 15.4 Å². The molecule has 8 heteroatoms. The third-order valence-electron chi connectivity index (χ3n) is 3.84. The first-order valence-corrected chi connectivity index (χ1v) is 8.18. The van der Waals surface area contributed by atoms with Gasteiger partial charge in [-0.05, 0) is 42.0 Å². The number of nitrogens with one attached hydrogen (secondary N) is 2. The van der Waals surface area contributed by atoms with Crippen LogP contribution in [0.15, 0.2) is 42.5 Å². The Morgan fingerprint density at radius 1 is 1.00 bits per heavy atom. The van der Waals surface area contributed by atoms with Gasteiger partial charge in [0.2, 0.25) is 18.6 Å². The van der Waals surface area contributed by atoms with E-state index in [9.17, 15) is 14.4 Å². The Balaban J connectivity index is 1.46. The van der Waals surface area contributed by atoms with Crippen LogP contribution >= 0.6 is 0 Å². The summed E-state index contributed by atoms with van der Waals surface area (Å²) < 4.78 is 15.1. The molecule has 2 aromatic carbocycles. The van der Waals surface area contributed by atoms with Crippen molar-refractivity contribution in [2.24, 2.45) is 0 Å². The largest absolute Gasteiger partial charge is 0.465 e. The van der Waals surface area contributed by atoms with Gasteiger partial charge in [-0.1, -0.05) is 6.07 Å². The van der Waals surface area contributed by atoms with Crippen molar-refractivity contribution in [3.8, 4) is 11.5 Å². The van der Waals surface area contributed by atoms with Crippen LogP contribution in [0.5, 0.6) is 11.5 Å². The summed E-state index contributed by atoms with van der Waals surface area (Å²) in [6.45, 7) is 0.461. The first-order chi connectivity index (χ1) is 13.0. The van der Waals surface area contributed by atoms with Crippen LogP contribution in [0.25, 0.3) is 0 Å². The highest BCUT2D eigenvalue weighted by atomic mass is 16.7. The van der Waals surface area contributed by atoms with Crippen molar-refractivity contribution in [1.29, 1.82) is 0 Å². The number of carbonyl (C=O) groups is 3. The molecule has 8 nitrogen and oxygen atoms in total. The summed E-state index contributed by atoms with van der Waals surface area (Å²) in [5.41, 5.74) is 1.69. The van der Waals surface area contributed by atoms with E-state index in [0.717, 1.165) is 5.56 Å². The minimum absolute atomic E-state index is 0.186. The van der Waals surface area contributed by atoms with Crippen LogP contribution in [-0.4, -0.2) is 31.7 Å². The summed E-state index contributed by atoms with van der Waals surface area (Å²) in [7, 11) is 1.29. The van der Waals surface area contributed by atoms with E-state index in [1.807, 2.05) is 6.07 Å². The van der Waals surface area contributed by atoms with Gasteiger partial charge in [-0.25, -0.2) is 4.79 Å². The molecular formula is C19H18N2O6. The number of methoxy groups -OCH3 is 1. The predicted octanol–water partition coefficient (Wildman–Crippen LogP) is 1.85. The Morgan fingerprint density at radius 3 is 2.48 bits per heavy atom. The molecule has 0 atom stereocenters. The van der Waals surface area contributed by atoms with Gasteiger partial charge in [0.25, 0.3) is 0 Å². The number of amides is 2. The molecule has 140 valence electrons. The normalized spacial score (nSPS) is 11.6. The number of anilines is 1. The standard InChI is InChI=1S/C19H18N2O6/c1-25-19(24)13-3-5-14(6-4-13)21-18(23)9-17(22)20-10-12-2-7-15-16(8-12)27-11-26-15/h2-8H,9-11H2,1H3,(H,20,22)(H,21,23). The maximum Gasteiger partial charge on any atom is 0.337 e. The smallest absolute Gasteiger partial charge is 0.337 e. The lowest BCUT2D eigenvalue weighted by atomic mass is 10.2. The maximum atomic E-state index is 12.0. The quantitative estimate of drug-likeness (QED) is 0.594. The second-order valence-corrected chi connectivity index (χ2v) is 5.76. The topological polar surface area (TPSA) is 103 Å². The number of ether oxygens (including phenoxy) is 3. The second-order valence-electron chi connectivity index (χ2n) is 5.76. The van der Waals surface area contributed by atoms with Crippen LogP contribution in [0.4, 0.5) is 5.69 Å². The van der Waals surface area contributed by atoms with Crippen molar-refractivity contribution in [2.45, 2.75) is 13.0 Å². The molecule has 0 saturated heterocycles. The summed E-state index contributed by atoms with van der Waals surface area (Å²) in [4.78, 5) is 35.3. The molecule has 3 rings (SSSR count). The van der Waals surface area contributed by atoms with Crippen LogP contribution in [0.2, 0.25) is 0 Å². The molecular weight excluding hydrogens is 352 g/mol. The van der Waals surface area contributed by atoms with Gasteiger partial charge in [-0.3, -0.25) is 9.59 Å². The van der Waals surface area contributed by atoms with E-state index in [1.54, 1.807) is 24.3 Å². The van der Waals surface area contributed by atoms with Gasteiger partial charge in [0.05, 0.1) is 12.7 Å². The van der Waals surface area contributed by atoms with Gasteiger partial charge in [-0.2, -0.15) is 0 Å². The number of esters is 1. The molecule has 0 aromatic heterocycles. The third-order valence-corrected chi connectivity index (χ3v) is 3.84. The number of hydrogen-bond acceptors (Lipinski definition) is 6. The lowest BCUT2D eigenvalue weighted by molar-refractivity contribution is -0.126. The molecule has 1 aliphatic heterocycles. The van der Waals surface area contributed by atoms with E-state index >= 15 is 0 Å². The van der Waals surface area contributed by atoms with Gasteiger partial charge < -0.3 is 24.8 Å². The fourth-order valence-electron chi connectivity index (χ4n) is 2.47. The van der Waals surface area contributed by atoms with Crippen LogP contribution in [-0.2, 0) is 20.9 Å². The summed E-state index contributed by atoms with van der Waals surface area (Å²) in [5, 5.41) is 5.28. The van der Waals surface area contributed by atoms with Gasteiger partial charge in [0, 0.05) is 12.2 Å². The number of rotatable bonds is 6. The molecule has 0 aliphatic carbocycles. The van der Waals surface area contributed by atoms with Gasteiger partial charge in [0.1, 0.15) is 6.42 Å². The zero-order chi connectivity index (χ0) is 19.2. The van der Waals surface area contributed by atoms with Crippen LogP contribution < -0.4 is 20.1 Å². The van der Waals surface area contributed by atoms with E-state index in [4.69, 9.17) is 9.47 Å². The molecule has 1 heterocycles. The fourth-order valence-corrected chi connectivity index (χ4v) is 2.47. The van der Waals surface area contributed by atoms with Gasteiger partial charge in [0.15, 0.2) is 11.5 Å². The van der Waals surface area contributed by atoms with Crippen molar-refractivity contribution in [3.63, 3.8) is 0 Å². The first-order valence-electron chi connectivity index (χ1n) is 8.18. The van der Waals surface area contributed by atoms with Crippen molar-refractivity contribution in [2.75, 3.05) is 19.2 Å². The molecule has 0 unspecified atom stereocenters. The maximum absolute atomic E-state index is 12.0. The number of hydrogen-bond donors (Lipinski definition) is 2. The van der Waals surface area contributed by atoms with Crippen molar-refractivity contribution >= 4 is 23.5 Å². The predicted molar refractivity (Wildman–Crippen MR) is 95.4 cm³/mol. The molecule has 2 aromatic rings. The third kappa shape index (κ3) is 4.75. The van der Waals surface area contributed by atoms with Crippen LogP contribution in [0.1, 0.15) is 22.3 Å². The highest BCUT2D eigenvalue weighted by molar-refractivity contribution is 6.03. The fraction of sp³-hybridized carbons (Fsp3) is 0.211. The van der Waals surface area contributed by atoms with Gasteiger partial charge >= 0.3 is 5.97 Å². The Bertz CT molecular complexity index is 863. The summed E-state index contributed by atoms with van der Waals surface area (Å²) in [6, 6.07) is 11.6. The summed E-state index contributed by atoms with van der Waals surface area (Å²) in [6.07, 6.45) is -0.316. The molecule has 0 saturated carbocycles. The molecule has 0 fully saturated rings. The van der Waals surface area contributed by atoms with E-state index in [1.165, 1.54) is 19.2 Å². The molecule has 0 radical (unpaired) electrons. The Kier molecular flexibility index (Phi) is 5.55.